The van der Waals surface area contributed by atoms with Crippen molar-refractivity contribution in [2.75, 3.05) is 26.4 Å². The molecule has 0 saturated carbocycles. The lowest BCUT2D eigenvalue weighted by molar-refractivity contribution is -0.145. The Labute approximate surface area is 278 Å². The molecule has 3 unspecified atom stereocenters. The number of hydrogen-bond acceptors (Lipinski definition) is 6. The number of carbonyl (C=O) groups is 2. The summed E-state index contributed by atoms with van der Waals surface area (Å²) in [6, 6.07) is 17.5. The third-order valence-electron chi connectivity index (χ3n) is 11.0. The summed E-state index contributed by atoms with van der Waals surface area (Å²) in [6.07, 6.45) is 20.4. The SMILES string of the molecule is O=C(CCC1(CC2(CCC(=O)OCCCCO)c3ccccc3C3=CC=CC[C@H]32)c2ccccc2C2=CC=CCC21)OCCCCO. The van der Waals surface area contributed by atoms with Crippen LogP contribution in [-0.2, 0) is 29.9 Å². The third kappa shape index (κ3) is 6.55. The average Bonchev–Trinajstić information content (AvgIpc) is 3.54. The second kappa shape index (κ2) is 15.0. The largest absolute Gasteiger partial charge is 0.466 e. The summed E-state index contributed by atoms with van der Waals surface area (Å²) in [7, 11) is 0. The number of fused-ring (bicyclic) bond motifs is 6. The van der Waals surface area contributed by atoms with Gasteiger partial charge in [-0.25, -0.2) is 0 Å². The Kier molecular flexibility index (Phi) is 10.6. The molecule has 0 radical (unpaired) electrons. The molecular formula is C41H48O6. The van der Waals surface area contributed by atoms with Crippen molar-refractivity contribution in [2.24, 2.45) is 11.8 Å². The Bertz CT molecular complexity index is 1450. The Hall–Kier alpha value is -3.74. The predicted octanol–water partition coefficient (Wildman–Crippen LogP) is 7.39. The monoisotopic (exact) mass is 636 g/mol. The van der Waals surface area contributed by atoms with Gasteiger partial charge in [0.1, 0.15) is 0 Å². The van der Waals surface area contributed by atoms with Gasteiger partial charge >= 0.3 is 11.9 Å². The molecule has 0 bridgehead atoms. The van der Waals surface area contributed by atoms with Gasteiger partial charge in [0, 0.05) is 36.9 Å². The average molecular weight is 637 g/mol. The van der Waals surface area contributed by atoms with Gasteiger partial charge in [-0.3, -0.25) is 9.59 Å². The van der Waals surface area contributed by atoms with E-state index < -0.39 is 0 Å². The van der Waals surface area contributed by atoms with Crippen LogP contribution in [0.3, 0.4) is 0 Å². The van der Waals surface area contributed by atoms with E-state index in [1.807, 2.05) is 0 Å². The smallest absolute Gasteiger partial charge is 0.305 e. The third-order valence-corrected chi connectivity index (χ3v) is 11.0. The molecule has 248 valence electrons. The highest BCUT2D eigenvalue weighted by Gasteiger charge is 2.58. The van der Waals surface area contributed by atoms with Crippen LogP contribution in [-0.4, -0.2) is 48.6 Å². The van der Waals surface area contributed by atoms with Gasteiger partial charge < -0.3 is 19.7 Å². The number of allylic oxidation sites excluding steroid dienone is 8. The zero-order valence-corrected chi connectivity index (χ0v) is 27.4. The van der Waals surface area contributed by atoms with Gasteiger partial charge in [-0.15, -0.1) is 0 Å². The zero-order chi connectivity index (χ0) is 32.7. The van der Waals surface area contributed by atoms with Crippen LogP contribution in [0.2, 0.25) is 0 Å². The van der Waals surface area contributed by atoms with Crippen LogP contribution in [0.25, 0.3) is 11.1 Å². The molecule has 0 aliphatic heterocycles. The fourth-order valence-electron chi connectivity index (χ4n) is 8.96. The van der Waals surface area contributed by atoms with Crippen LogP contribution in [0.15, 0.2) is 85.0 Å². The highest BCUT2D eigenvalue weighted by molar-refractivity contribution is 5.83. The molecule has 6 rings (SSSR count). The first kappa shape index (κ1) is 33.2. The van der Waals surface area contributed by atoms with Crippen LogP contribution in [0.1, 0.15) is 92.9 Å². The maximum absolute atomic E-state index is 13.3. The minimum absolute atomic E-state index is 0.0916. The Morgan fingerprint density at radius 1 is 0.660 bits per heavy atom. The number of benzene rings is 2. The van der Waals surface area contributed by atoms with Gasteiger partial charge in [-0.1, -0.05) is 85.0 Å². The maximum atomic E-state index is 13.3. The van der Waals surface area contributed by atoms with E-state index in [-0.39, 0.29) is 47.8 Å². The van der Waals surface area contributed by atoms with E-state index in [0.717, 1.165) is 19.3 Å². The molecule has 0 aromatic heterocycles. The van der Waals surface area contributed by atoms with Crippen LogP contribution in [0.4, 0.5) is 0 Å². The molecule has 0 fully saturated rings. The molecule has 6 heteroatoms. The number of esters is 2. The van der Waals surface area contributed by atoms with Crippen LogP contribution < -0.4 is 0 Å². The minimum Gasteiger partial charge on any atom is -0.466 e. The second-order valence-corrected chi connectivity index (χ2v) is 13.6. The van der Waals surface area contributed by atoms with Gasteiger partial charge in [0.2, 0.25) is 0 Å². The number of carbonyl (C=O) groups excluding carboxylic acids is 2. The van der Waals surface area contributed by atoms with Crippen LogP contribution in [0.5, 0.6) is 0 Å². The van der Waals surface area contributed by atoms with Crippen LogP contribution in [0, 0.1) is 11.8 Å². The molecule has 4 aliphatic carbocycles. The van der Waals surface area contributed by atoms with Crippen molar-refractivity contribution in [2.45, 2.75) is 81.5 Å². The molecule has 0 saturated heterocycles. The summed E-state index contributed by atoms with van der Waals surface area (Å²) < 4.78 is 11.3. The van der Waals surface area contributed by atoms with Crippen molar-refractivity contribution < 1.29 is 29.3 Å². The molecule has 0 amide bonds. The molecule has 2 aromatic rings. The highest BCUT2D eigenvalue weighted by atomic mass is 16.5. The Morgan fingerprint density at radius 2 is 1.11 bits per heavy atom. The normalized spacial score (nSPS) is 24.9. The van der Waals surface area contributed by atoms with Gasteiger partial charge in [-0.05, 0) is 103 Å². The predicted molar refractivity (Wildman–Crippen MR) is 184 cm³/mol. The van der Waals surface area contributed by atoms with Crippen molar-refractivity contribution in [3.05, 3.63) is 107 Å². The van der Waals surface area contributed by atoms with E-state index >= 15 is 0 Å². The summed E-state index contributed by atoms with van der Waals surface area (Å²) in [5, 5.41) is 18.3. The minimum atomic E-state index is -0.355. The van der Waals surface area contributed by atoms with Crippen molar-refractivity contribution >= 4 is 23.1 Å². The topological polar surface area (TPSA) is 93.1 Å². The fourth-order valence-corrected chi connectivity index (χ4v) is 8.96. The standard InChI is InChI=1S/C41H48O6/c42-25-9-11-27-46-38(44)21-23-40(34-17-5-1-13-30(34)31-14-2-6-18-35(31)40)29-41(24-22-39(45)47-28-12-10-26-43)36-19-7-3-15-32(36)33-16-4-8-20-37(33)41/h1-8,13-17,19,35,37,42-43H,9-12,18,20-29H2/t35-,37?,40?,41?/m1/s1. The van der Waals surface area contributed by atoms with E-state index in [1.54, 1.807) is 0 Å². The van der Waals surface area contributed by atoms with Gasteiger partial charge in [-0.2, -0.15) is 0 Å². The Morgan fingerprint density at radius 3 is 1.55 bits per heavy atom. The summed E-state index contributed by atoms with van der Waals surface area (Å²) in [5.74, 6) is 0.0108. The number of rotatable bonds is 16. The molecule has 0 heterocycles. The van der Waals surface area contributed by atoms with Crippen molar-refractivity contribution in [1.82, 2.24) is 0 Å². The summed E-state index contributed by atoms with van der Waals surface area (Å²) in [4.78, 5) is 26.5. The van der Waals surface area contributed by atoms with Crippen LogP contribution >= 0.6 is 0 Å². The molecule has 0 spiro atoms. The number of aliphatic hydroxyl groups is 2. The summed E-state index contributed by atoms with van der Waals surface area (Å²) in [5.41, 5.74) is 7.08. The Balaban J connectivity index is 1.41. The first-order valence-corrected chi connectivity index (χ1v) is 17.5. The number of ether oxygens (including phenoxy) is 2. The van der Waals surface area contributed by atoms with Gasteiger partial charge in [0.25, 0.3) is 0 Å². The highest BCUT2D eigenvalue weighted by Crippen LogP contribution is 2.65. The van der Waals surface area contributed by atoms with Crippen molar-refractivity contribution in [3.63, 3.8) is 0 Å². The lowest BCUT2D eigenvalue weighted by Gasteiger charge is -2.47. The number of unbranched alkanes of at least 4 members (excludes halogenated alkanes) is 2. The summed E-state index contributed by atoms with van der Waals surface area (Å²) >= 11 is 0. The van der Waals surface area contributed by atoms with E-state index in [4.69, 9.17) is 9.47 Å². The van der Waals surface area contributed by atoms with Crippen molar-refractivity contribution in [1.29, 1.82) is 0 Å². The first-order chi connectivity index (χ1) is 23.0. The zero-order valence-electron chi connectivity index (χ0n) is 27.4. The van der Waals surface area contributed by atoms with Crippen molar-refractivity contribution in [3.8, 4) is 0 Å². The number of hydrogen-bond donors (Lipinski definition) is 2. The summed E-state index contributed by atoms with van der Waals surface area (Å²) in [6.45, 7) is 0.823. The van der Waals surface area contributed by atoms with E-state index in [2.05, 4.69) is 85.0 Å². The maximum Gasteiger partial charge on any atom is 0.305 e. The molecule has 4 aliphatic rings. The van der Waals surface area contributed by atoms with Gasteiger partial charge in [0.05, 0.1) is 13.2 Å². The fraction of sp³-hybridized carbons (Fsp3) is 0.463. The van der Waals surface area contributed by atoms with E-state index in [1.165, 1.54) is 33.4 Å². The number of aliphatic hydroxyl groups excluding tert-OH is 2. The molecule has 47 heavy (non-hydrogen) atoms. The lowest BCUT2D eigenvalue weighted by Crippen LogP contribution is -2.44. The molecular weight excluding hydrogens is 588 g/mol. The molecule has 6 nitrogen and oxygen atoms in total. The quantitative estimate of drug-likeness (QED) is 0.147. The van der Waals surface area contributed by atoms with Gasteiger partial charge in [0.15, 0.2) is 0 Å². The van der Waals surface area contributed by atoms with E-state index in [0.29, 0.717) is 64.6 Å². The molecule has 4 atom stereocenters. The first-order valence-electron chi connectivity index (χ1n) is 17.5. The molecule has 2 N–H and O–H groups in total. The molecule has 2 aromatic carbocycles. The lowest BCUT2D eigenvalue weighted by atomic mass is 9.55. The second-order valence-electron chi connectivity index (χ2n) is 13.6. The van der Waals surface area contributed by atoms with E-state index in [9.17, 15) is 19.8 Å².